The summed E-state index contributed by atoms with van der Waals surface area (Å²) in [6.45, 7) is 2.06. The van der Waals surface area contributed by atoms with Gasteiger partial charge in [-0.1, -0.05) is 24.3 Å². The Morgan fingerprint density at radius 2 is 1.41 bits per heavy atom. The highest BCUT2D eigenvalue weighted by Gasteiger charge is 2.15. The van der Waals surface area contributed by atoms with Gasteiger partial charge in [0.1, 0.15) is 10.1 Å². The maximum Gasteiger partial charge on any atom is 0.269 e. The molecule has 0 bridgehead atoms. The van der Waals surface area contributed by atoms with E-state index in [1.807, 2.05) is 30.6 Å². The molecule has 1 heterocycles. The van der Waals surface area contributed by atoms with Crippen LogP contribution in [0.3, 0.4) is 0 Å². The monoisotopic (exact) mass is 386 g/mol. The molecule has 0 radical (unpaired) electrons. The lowest BCUT2D eigenvalue weighted by atomic mass is 10.1. The van der Waals surface area contributed by atoms with Gasteiger partial charge in [-0.05, 0) is 24.3 Å². The second kappa shape index (κ2) is 9.02. The summed E-state index contributed by atoms with van der Waals surface area (Å²) in [6.07, 6.45) is 3.96. The zero-order valence-electron chi connectivity index (χ0n) is 14.5. The Labute approximate surface area is 157 Å². The van der Waals surface area contributed by atoms with Crippen molar-refractivity contribution in [3.05, 3.63) is 101 Å². The van der Waals surface area contributed by atoms with Crippen LogP contribution in [-0.4, -0.2) is 17.9 Å². The van der Waals surface area contributed by atoms with Gasteiger partial charge in [-0.15, -0.1) is 0 Å². The maximum atomic E-state index is 10.6. The van der Waals surface area contributed by atoms with Gasteiger partial charge in [0.2, 0.25) is 0 Å². The lowest BCUT2D eigenvalue weighted by Crippen LogP contribution is -2.37. The number of hydrogen-bond donors (Lipinski definition) is 0. The summed E-state index contributed by atoms with van der Waals surface area (Å²) >= 11 is 0. The molecule has 0 aliphatic carbocycles. The van der Waals surface area contributed by atoms with Crippen molar-refractivity contribution in [1.82, 2.24) is 0 Å². The molecular formula is C19H18N2O5S. The van der Waals surface area contributed by atoms with Gasteiger partial charge in [0, 0.05) is 36.8 Å². The topological polar surface area (TPSA) is 104 Å². The molecule has 1 unspecified atom stereocenters. The Kier molecular flexibility index (Phi) is 6.75. The molecule has 2 aromatic carbocycles. The standard InChI is InChI=1S/C13H13N2O2.C6H6O3S/c1-11(14-9-3-2-4-10-14)12-5-7-13(8-6-12)15(16)17;7-10(8,9)6-4-2-1-3-5-6/h2-11H,1H3;1-5H,(H,7,8,9)/q+1;/p-1. The van der Waals surface area contributed by atoms with Gasteiger partial charge in [0.05, 0.1) is 9.82 Å². The molecule has 3 aromatic rings. The van der Waals surface area contributed by atoms with Gasteiger partial charge >= 0.3 is 0 Å². The zero-order chi connectivity index (χ0) is 19.9. The van der Waals surface area contributed by atoms with E-state index in [1.54, 1.807) is 18.2 Å². The van der Waals surface area contributed by atoms with Crippen molar-refractivity contribution in [3.8, 4) is 0 Å². The van der Waals surface area contributed by atoms with Crippen molar-refractivity contribution in [3.63, 3.8) is 0 Å². The van der Waals surface area contributed by atoms with Gasteiger partial charge in [-0.2, -0.15) is 4.57 Å². The van der Waals surface area contributed by atoms with Crippen LogP contribution in [0.5, 0.6) is 0 Å². The molecule has 1 aromatic heterocycles. The van der Waals surface area contributed by atoms with Gasteiger partial charge in [0.15, 0.2) is 18.4 Å². The van der Waals surface area contributed by atoms with Crippen LogP contribution in [0.25, 0.3) is 0 Å². The lowest BCUT2D eigenvalue weighted by molar-refractivity contribution is -0.710. The third-order valence-corrected chi connectivity index (χ3v) is 4.65. The minimum Gasteiger partial charge on any atom is -0.744 e. The number of non-ortho nitro benzene ring substituents is 1. The predicted molar refractivity (Wildman–Crippen MR) is 98.0 cm³/mol. The Morgan fingerprint density at radius 1 is 0.889 bits per heavy atom. The molecule has 0 amide bonds. The highest BCUT2D eigenvalue weighted by Crippen LogP contribution is 2.16. The summed E-state index contributed by atoms with van der Waals surface area (Å²) in [7, 11) is -4.25. The van der Waals surface area contributed by atoms with Gasteiger partial charge in [-0.25, -0.2) is 8.42 Å². The normalized spacial score (nSPS) is 11.8. The smallest absolute Gasteiger partial charge is 0.269 e. The van der Waals surface area contributed by atoms with Crippen molar-refractivity contribution in [2.75, 3.05) is 0 Å². The number of rotatable bonds is 4. The van der Waals surface area contributed by atoms with Crippen molar-refractivity contribution in [2.45, 2.75) is 17.9 Å². The Hall–Kier alpha value is -3.10. The molecule has 3 rings (SSSR count). The van der Waals surface area contributed by atoms with Crippen molar-refractivity contribution in [2.24, 2.45) is 0 Å². The largest absolute Gasteiger partial charge is 0.744 e. The first-order chi connectivity index (χ1) is 12.8. The molecule has 0 saturated heterocycles. The van der Waals surface area contributed by atoms with E-state index >= 15 is 0 Å². The van der Waals surface area contributed by atoms with Crippen LogP contribution in [0.4, 0.5) is 5.69 Å². The minimum atomic E-state index is -4.25. The van der Waals surface area contributed by atoms with Crippen LogP contribution < -0.4 is 4.57 Å². The second-order valence-electron chi connectivity index (χ2n) is 5.61. The van der Waals surface area contributed by atoms with E-state index in [9.17, 15) is 23.1 Å². The van der Waals surface area contributed by atoms with Crippen LogP contribution in [-0.2, 0) is 10.1 Å². The third kappa shape index (κ3) is 5.98. The Bertz CT molecular complexity index is 976. The molecule has 0 N–H and O–H groups in total. The van der Waals surface area contributed by atoms with Crippen LogP contribution in [0.2, 0.25) is 0 Å². The van der Waals surface area contributed by atoms with Crippen molar-refractivity contribution >= 4 is 15.8 Å². The maximum absolute atomic E-state index is 10.6. The lowest BCUT2D eigenvalue weighted by Gasteiger charge is -2.06. The van der Waals surface area contributed by atoms with E-state index in [0.29, 0.717) is 0 Å². The van der Waals surface area contributed by atoms with Gasteiger partial charge in [0.25, 0.3) is 5.69 Å². The van der Waals surface area contributed by atoms with Crippen LogP contribution in [0, 0.1) is 10.1 Å². The quantitative estimate of drug-likeness (QED) is 0.297. The summed E-state index contributed by atoms with van der Waals surface area (Å²) < 4.78 is 32.9. The van der Waals surface area contributed by atoms with E-state index in [2.05, 4.69) is 11.5 Å². The SMILES string of the molecule is CC(c1ccc([N+](=O)[O-])cc1)[n+]1ccccc1.O=S(=O)([O-])c1ccccc1. The number of nitrogens with zero attached hydrogens (tertiary/aromatic N) is 2. The average molecular weight is 386 g/mol. The summed E-state index contributed by atoms with van der Waals surface area (Å²) in [5.74, 6) is 0. The number of aromatic nitrogens is 1. The summed E-state index contributed by atoms with van der Waals surface area (Å²) in [5, 5.41) is 10.6. The minimum absolute atomic E-state index is 0.124. The first kappa shape index (κ1) is 20.2. The van der Waals surface area contributed by atoms with Crippen molar-refractivity contribution in [1.29, 1.82) is 0 Å². The molecule has 7 nitrogen and oxygen atoms in total. The fraction of sp³-hybridized carbons (Fsp3) is 0.105. The molecule has 140 valence electrons. The Morgan fingerprint density at radius 3 is 1.85 bits per heavy atom. The van der Waals surface area contributed by atoms with Crippen LogP contribution >= 0.6 is 0 Å². The van der Waals surface area contributed by atoms with Gasteiger partial charge < -0.3 is 4.55 Å². The second-order valence-corrected chi connectivity index (χ2v) is 6.99. The van der Waals surface area contributed by atoms with E-state index < -0.39 is 10.1 Å². The average Bonchev–Trinajstić information content (AvgIpc) is 2.69. The summed E-state index contributed by atoms with van der Waals surface area (Å²) in [4.78, 5) is 9.98. The number of benzene rings is 2. The zero-order valence-corrected chi connectivity index (χ0v) is 15.3. The highest BCUT2D eigenvalue weighted by atomic mass is 32.2. The van der Waals surface area contributed by atoms with E-state index in [-0.39, 0.29) is 21.5 Å². The van der Waals surface area contributed by atoms with Crippen molar-refractivity contribution < 1.29 is 22.5 Å². The molecule has 1 atom stereocenters. The Balaban J connectivity index is 0.000000223. The number of nitro groups is 1. The van der Waals surface area contributed by atoms with Crippen LogP contribution in [0.15, 0.2) is 90.1 Å². The molecular weight excluding hydrogens is 368 g/mol. The fourth-order valence-corrected chi connectivity index (χ4v) is 2.79. The number of hydrogen-bond acceptors (Lipinski definition) is 5. The van der Waals surface area contributed by atoms with Crippen LogP contribution in [0.1, 0.15) is 18.5 Å². The summed E-state index contributed by atoms with van der Waals surface area (Å²) in [5.41, 5.74) is 1.17. The molecule has 0 saturated carbocycles. The molecule has 27 heavy (non-hydrogen) atoms. The number of nitro benzene ring substituents is 1. The van der Waals surface area contributed by atoms with E-state index in [0.717, 1.165) is 5.56 Å². The number of pyridine rings is 1. The van der Waals surface area contributed by atoms with Gasteiger partial charge in [-0.3, -0.25) is 10.1 Å². The molecule has 0 aliphatic heterocycles. The first-order valence-corrected chi connectivity index (χ1v) is 9.41. The first-order valence-electron chi connectivity index (χ1n) is 8.00. The molecule has 0 aliphatic rings. The molecule has 0 spiro atoms. The molecule has 8 heteroatoms. The highest BCUT2D eigenvalue weighted by molar-refractivity contribution is 7.85. The fourth-order valence-electron chi connectivity index (χ4n) is 2.30. The van der Waals surface area contributed by atoms with E-state index in [1.165, 1.54) is 36.4 Å². The predicted octanol–water partition coefficient (Wildman–Crippen LogP) is 3.08. The van der Waals surface area contributed by atoms with E-state index in [4.69, 9.17) is 0 Å². The third-order valence-electron chi connectivity index (χ3n) is 3.80. The molecule has 0 fully saturated rings. The summed E-state index contributed by atoms with van der Waals surface area (Å²) in [6, 6.07) is 19.9.